The van der Waals surface area contributed by atoms with E-state index in [1.54, 1.807) is 17.1 Å². The Morgan fingerprint density at radius 1 is 1.39 bits per heavy atom. The molecule has 0 aliphatic heterocycles. The van der Waals surface area contributed by atoms with Crippen LogP contribution in [-0.2, 0) is 12.0 Å². The molecule has 0 saturated heterocycles. The van der Waals surface area contributed by atoms with Crippen molar-refractivity contribution in [3.8, 4) is 0 Å². The number of anilines is 1. The largest absolute Gasteiger partial charge is 0.381 e. The SMILES string of the molecule is CC(C)(C)c1c(N)nnn1Cc1ccncc1Cl. The zero-order chi connectivity index (χ0) is 13.3. The second-order valence-electron chi connectivity index (χ2n) is 5.20. The third-order valence-corrected chi connectivity index (χ3v) is 2.99. The Balaban J connectivity index is 2.39. The highest BCUT2D eigenvalue weighted by Gasteiger charge is 2.24. The molecule has 0 saturated carbocycles. The molecule has 0 spiro atoms. The molecule has 0 fully saturated rings. The molecule has 0 aliphatic rings. The Hall–Kier alpha value is -1.62. The van der Waals surface area contributed by atoms with Gasteiger partial charge in [-0.05, 0) is 11.6 Å². The van der Waals surface area contributed by atoms with Crippen molar-refractivity contribution in [2.75, 3.05) is 5.73 Å². The van der Waals surface area contributed by atoms with Crippen LogP contribution in [0.1, 0.15) is 32.0 Å². The maximum absolute atomic E-state index is 6.09. The van der Waals surface area contributed by atoms with Crippen molar-refractivity contribution in [3.05, 3.63) is 34.7 Å². The van der Waals surface area contributed by atoms with E-state index in [0.717, 1.165) is 11.3 Å². The van der Waals surface area contributed by atoms with E-state index < -0.39 is 0 Å². The summed E-state index contributed by atoms with van der Waals surface area (Å²) in [5, 5.41) is 8.64. The van der Waals surface area contributed by atoms with Gasteiger partial charge in [0.05, 0.1) is 17.3 Å². The summed E-state index contributed by atoms with van der Waals surface area (Å²) in [5.41, 5.74) is 7.62. The van der Waals surface area contributed by atoms with E-state index in [-0.39, 0.29) is 5.41 Å². The fourth-order valence-corrected chi connectivity index (χ4v) is 2.08. The zero-order valence-corrected chi connectivity index (χ0v) is 11.4. The van der Waals surface area contributed by atoms with Crippen LogP contribution in [-0.4, -0.2) is 20.0 Å². The average molecular weight is 266 g/mol. The van der Waals surface area contributed by atoms with Crippen molar-refractivity contribution in [3.63, 3.8) is 0 Å². The quantitative estimate of drug-likeness (QED) is 0.904. The molecule has 0 unspecified atom stereocenters. The molecule has 0 amide bonds. The van der Waals surface area contributed by atoms with Crippen LogP contribution in [0.15, 0.2) is 18.5 Å². The van der Waals surface area contributed by atoms with Crippen molar-refractivity contribution in [2.24, 2.45) is 0 Å². The molecule has 0 bridgehead atoms. The van der Waals surface area contributed by atoms with Gasteiger partial charge in [-0.1, -0.05) is 37.6 Å². The molecule has 96 valence electrons. The molecule has 2 heterocycles. The number of hydrogen-bond acceptors (Lipinski definition) is 4. The van der Waals surface area contributed by atoms with E-state index in [1.807, 2.05) is 6.07 Å². The normalized spacial score (nSPS) is 11.8. The average Bonchev–Trinajstić information content (AvgIpc) is 2.62. The van der Waals surface area contributed by atoms with Gasteiger partial charge in [0.1, 0.15) is 0 Å². The third-order valence-electron chi connectivity index (χ3n) is 2.65. The topological polar surface area (TPSA) is 69.6 Å². The molecule has 2 aromatic heterocycles. The smallest absolute Gasteiger partial charge is 0.169 e. The van der Waals surface area contributed by atoms with Crippen LogP contribution in [0, 0.1) is 0 Å². The lowest BCUT2D eigenvalue weighted by Gasteiger charge is -2.20. The van der Waals surface area contributed by atoms with Gasteiger partial charge < -0.3 is 5.73 Å². The number of rotatable bonds is 2. The summed E-state index contributed by atoms with van der Waals surface area (Å²) < 4.78 is 1.79. The number of nitrogens with two attached hydrogens (primary N) is 1. The van der Waals surface area contributed by atoms with Gasteiger partial charge in [0.15, 0.2) is 5.82 Å². The van der Waals surface area contributed by atoms with Crippen LogP contribution in [0.25, 0.3) is 0 Å². The van der Waals surface area contributed by atoms with Gasteiger partial charge >= 0.3 is 0 Å². The molecule has 5 nitrogen and oxygen atoms in total. The molecule has 18 heavy (non-hydrogen) atoms. The fourth-order valence-electron chi connectivity index (χ4n) is 1.90. The standard InChI is InChI=1S/C12H16ClN5/c1-12(2,3)10-11(14)16-17-18(10)7-8-4-5-15-6-9(8)13/h4-6H,7,14H2,1-3H3. The van der Waals surface area contributed by atoms with Crippen molar-refractivity contribution in [1.29, 1.82) is 0 Å². The third kappa shape index (κ3) is 2.46. The summed E-state index contributed by atoms with van der Waals surface area (Å²) in [4.78, 5) is 3.96. The molecule has 6 heteroatoms. The predicted octanol–water partition coefficient (Wildman–Crippen LogP) is 2.25. The Labute approximate surface area is 111 Å². The van der Waals surface area contributed by atoms with Crippen molar-refractivity contribution in [1.82, 2.24) is 20.0 Å². The summed E-state index contributed by atoms with van der Waals surface area (Å²) in [6, 6.07) is 1.87. The number of pyridine rings is 1. The van der Waals surface area contributed by atoms with Crippen molar-refractivity contribution in [2.45, 2.75) is 32.7 Å². The number of nitrogen functional groups attached to an aromatic ring is 1. The Bertz CT molecular complexity index is 556. The minimum atomic E-state index is -0.118. The summed E-state index contributed by atoms with van der Waals surface area (Å²) in [6.07, 6.45) is 3.33. The van der Waals surface area contributed by atoms with E-state index in [9.17, 15) is 0 Å². The number of halogens is 1. The van der Waals surface area contributed by atoms with Gasteiger partial charge in [0, 0.05) is 17.8 Å². The fraction of sp³-hybridized carbons (Fsp3) is 0.417. The first kappa shape index (κ1) is 12.8. The van der Waals surface area contributed by atoms with E-state index in [4.69, 9.17) is 17.3 Å². The lowest BCUT2D eigenvalue weighted by molar-refractivity contribution is 0.502. The first-order valence-electron chi connectivity index (χ1n) is 5.67. The number of hydrogen-bond donors (Lipinski definition) is 1. The molecule has 0 radical (unpaired) electrons. The Kier molecular flexibility index (Phi) is 3.26. The van der Waals surface area contributed by atoms with Crippen LogP contribution in [0.2, 0.25) is 5.02 Å². The van der Waals surface area contributed by atoms with Gasteiger partial charge in [0.25, 0.3) is 0 Å². The summed E-state index contributed by atoms with van der Waals surface area (Å²) >= 11 is 6.09. The molecule has 0 aliphatic carbocycles. The lowest BCUT2D eigenvalue weighted by atomic mass is 9.92. The van der Waals surface area contributed by atoms with E-state index in [0.29, 0.717) is 17.4 Å². The highest BCUT2D eigenvalue weighted by molar-refractivity contribution is 6.31. The van der Waals surface area contributed by atoms with Crippen molar-refractivity contribution >= 4 is 17.4 Å². The first-order valence-corrected chi connectivity index (χ1v) is 6.05. The summed E-state index contributed by atoms with van der Waals surface area (Å²) in [7, 11) is 0. The van der Waals surface area contributed by atoms with E-state index >= 15 is 0 Å². The van der Waals surface area contributed by atoms with Gasteiger partial charge in [-0.3, -0.25) is 4.98 Å². The molecular formula is C12H16ClN5. The first-order chi connectivity index (χ1) is 8.39. The van der Waals surface area contributed by atoms with Gasteiger partial charge in [0.2, 0.25) is 0 Å². The zero-order valence-electron chi connectivity index (χ0n) is 10.7. The van der Waals surface area contributed by atoms with Gasteiger partial charge in [-0.2, -0.15) is 0 Å². The van der Waals surface area contributed by atoms with Crippen LogP contribution < -0.4 is 5.73 Å². The minimum absolute atomic E-state index is 0.118. The van der Waals surface area contributed by atoms with Crippen LogP contribution in [0.3, 0.4) is 0 Å². The molecule has 2 aromatic rings. The summed E-state index contributed by atoms with van der Waals surface area (Å²) in [6.45, 7) is 6.77. The number of aromatic nitrogens is 4. The molecular weight excluding hydrogens is 250 g/mol. The van der Waals surface area contributed by atoms with Crippen LogP contribution in [0.5, 0.6) is 0 Å². The van der Waals surface area contributed by atoms with Gasteiger partial charge in [-0.25, -0.2) is 4.68 Å². The summed E-state index contributed by atoms with van der Waals surface area (Å²) in [5.74, 6) is 0.465. The predicted molar refractivity (Wildman–Crippen MR) is 71.5 cm³/mol. The monoisotopic (exact) mass is 265 g/mol. The van der Waals surface area contributed by atoms with Crippen molar-refractivity contribution < 1.29 is 0 Å². The molecule has 2 N–H and O–H groups in total. The Morgan fingerprint density at radius 2 is 2.11 bits per heavy atom. The highest BCUT2D eigenvalue weighted by atomic mass is 35.5. The van der Waals surface area contributed by atoms with Crippen LogP contribution >= 0.6 is 11.6 Å². The minimum Gasteiger partial charge on any atom is -0.381 e. The maximum Gasteiger partial charge on any atom is 0.169 e. The Morgan fingerprint density at radius 3 is 2.72 bits per heavy atom. The van der Waals surface area contributed by atoms with E-state index in [2.05, 4.69) is 36.1 Å². The van der Waals surface area contributed by atoms with E-state index in [1.165, 1.54) is 0 Å². The maximum atomic E-state index is 6.09. The molecule has 2 rings (SSSR count). The van der Waals surface area contributed by atoms with Crippen LogP contribution in [0.4, 0.5) is 5.82 Å². The molecule has 0 aromatic carbocycles. The highest BCUT2D eigenvalue weighted by Crippen LogP contribution is 2.27. The molecule has 0 atom stereocenters. The number of nitrogens with zero attached hydrogens (tertiary/aromatic N) is 4. The lowest BCUT2D eigenvalue weighted by Crippen LogP contribution is -2.20. The van der Waals surface area contributed by atoms with Gasteiger partial charge in [-0.15, -0.1) is 5.10 Å². The second-order valence-corrected chi connectivity index (χ2v) is 5.61. The second kappa shape index (κ2) is 4.57.